The molecular formula is C28H29ClN2O. The average Bonchev–Trinajstić information content (AvgIpc) is 2.81. The first-order valence-electron chi connectivity index (χ1n) is 11.1. The average molecular weight is 445 g/mol. The Bertz CT molecular complexity index is 1100. The van der Waals surface area contributed by atoms with E-state index in [1.54, 1.807) is 0 Å². The van der Waals surface area contributed by atoms with Crippen LogP contribution in [0.1, 0.15) is 34.3 Å². The first-order chi connectivity index (χ1) is 15.5. The number of aryl methyl sites for hydroxylation is 1. The van der Waals surface area contributed by atoms with E-state index in [0.29, 0.717) is 5.56 Å². The third-order valence-electron chi connectivity index (χ3n) is 5.83. The lowest BCUT2D eigenvalue weighted by molar-refractivity contribution is 0.0985. The number of hydrogen-bond acceptors (Lipinski definition) is 2. The maximum Gasteiger partial charge on any atom is 0.258 e. The maximum atomic E-state index is 13.3. The van der Waals surface area contributed by atoms with E-state index in [9.17, 15) is 4.79 Å². The molecule has 1 aliphatic heterocycles. The summed E-state index contributed by atoms with van der Waals surface area (Å²) >= 11 is 5.99. The third-order valence-corrected chi connectivity index (χ3v) is 6.08. The number of hydrogen-bond donors (Lipinski definition) is 0. The van der Waals surface area contributed by atoms with E-state index in [0.717, 1.165) is 54.2 Å². The van der Waals surface area contributed by atoms with Crippen molar-refractivity contribution in [3.63, 3.8) is 0 Å². The molecule has 1 aliphatic rings. The van der Waals surface area contributed by atoms with E-state index in [1.807, 2.05) is 53.4 Å². The number of halogens is 1. The van der Waals surface area contributed by atoms with Crippen LogP contribution in [0, 0.1) is 0 Å². The lowest BCUT2D eigenvalue weighted by Crippen LogP contribution is -2.35. The molecule has 0 aliphatic carbocycles. The maximum absolute atomic E-state index is 13.3. The number of rotatable bonds is 6. The summed E-state index contributed by atoms with van der Waals surface area (Å²) in [7, 11) is 4.17. The second kappa shape index (κ2) is 10.2. The molecule has 1 amide bonds. The second-order valence-electron chi connectivity index (χ2n) is 8.53. The van der Waals surface area contributed by atoms with E-state index in [2.05, 4.69) is 49.3 Å². The van der Waals surface area contributed by atoms with Gasteiger partial charge in [-0.2, -0.15) is 0 Å². The van der Waals surface area contributed by atoms with Crippen LogP contribution in [-0.4, -0.2) is 38.0 Å². The van der Waals surface area contributed by atoms with Gasteiger partial charge in [-0.1, -0.05) is 54.1 Å². The second-order valence-corrected chi connectivity index (χ2v) is 8.96. The number of fused-ring (bicyclic) bond motifs is 1. The third kappa shape index (κ3) is 5.29. The largest absolute Gasteiger partial charge is 0.309 e. The molecule has 3 nitrogen and oxygen atoms in total. The van der Waals surface area contributed by atoms with Crippen molar-refractivity contribution in [2.75, 3.05) is 32.1 Å². The molecule has 32 heavy (non-hydrogen) atoms. The smallest absolute Gasteiger partial charge is 0.258 e. The molecule has 0 N–H and O–H groups in total. The fraction of sp³-hybridized carbons (Fsp3) is 0.250. The van der Waals surface area contributed by atoms with E-state index in [1.165, 1.54) is 11.1 Å². The summed E-state index contributed by atoms with van der Waals surface area (Å²) in [5, 5.41) is 0.719. The van der Waals surface area contributed by atoms with Crippen LogP contribution in [-0.2, 0) is 6.42 Å². The lowest BCUT2D eigenvalue weighted by atomic mass is 9.97. The Kier molecular flexibility index (Phi) is 7.09. The van der Waals surface area contributed by atoms with Crippen LogP contribution < -0.4 is 4.90 Å². The lowest BCUT2D eigenvalue weighted by Gasteiger charge is -2.30. The van der Waals surface area contributed by atoms with Crippen molar-refractivity contribution in [3.8, 4) is 11.1 Å². The first-order valence-corrected chi connectivity index (χ1v) is 11.5. The molecule has 0 radical (unpaired) electrons. The van der Waals surface area contributed by atoms with Gasteiger partial charge in [0, 0.05) is 29.4 Å². The van der Waals surface area contributed by atoms with E-state index in [-0.39, 0.29) is 5.91 Å². The highest BCUT2D eigenvalue weighted by Crippen LogP contribution is 2.30. The zero-order chi connectivity index (χ0) is 22.5. The van der Waals surface area contributed by atoms with Crippen molar-refractivity contribution in [2.24, 2.45) is 0 Å². The van der Waals surface area contributed by atoms with Crippen LogP contribution in [0.25, 0.3) is 17.2 Å². The van der Waals surface area contributed by atoms with Gasteiger partial charge in [-0.05, 0) is 92.0 Å². The fourth-order valence-electron chi connectivity index (χ4n) is 4.09. The van der Waals surface area contributed by atoms with Crippen molar-refractivity contribution < 1.29 is 4.79 Å². The molecule has 0 atom stereocenters. The molecule has 1 heterocycles. The topological polar surface area (TPSA) is 23.6 Å². The van der Waals surface area contributed by atoms with Gasteiger partial charge in [0.05, 0.1) is 0 Å². The zero-order valence-electron chi connectivity index (χ0n) is 18.7. The Hall–Kier alpha value is -2.88. The van der Waals surface area contributed by atoms with Gasteiger partial charge < -0.3 is 9.80 Å². The number of amides is 1. The minimum atomic E-state index is 0.0582. The van der Waals surface area contributed by atoms with Crippen LogP contribution in [0.15, 0.2) is 72.8 Å². The van der Waals surface area contributed by atoms with Gasteiger partial charge in [-0.25, -0.2) is 0 Å². The van der Waals surface area contributed by atoms with Gasteiger partial charge in [0.1, 0.15) is 0 Å². The molecule has 0 saturated carbocycles. The van der Waals surface area contributed by atoms with Crippen LogP contribution in [0.3, 0.4) is 0 Å². The molecule has 0 bridgehead atoms. The Morgan fingerprint density at radius 1 is 1.00 bits per heavy atom. The van der Waals surface area contributed by atoms with Crippen LogP contribution in [0.4, 0.5) is 5.69 Å². The minimum absolute atomic E-state index is 0.0582. The molecule has 4 rings (SSSR count). The van der Waals surface area contributed by atoms with E-state index in [4.69, 9.17) is 11.6 Å². The van der Waals surface area contributed by atoms with E-state index < -0.39 is 0 Å². The molecule has 0 aromatic heterocycles. The summed E-state index contributed by atoms with van der Waals surface area (Å²) in [5.41, 5.74) is 6.35. The minimum Gasteiger partial charge on any atom is -0.309 e. The number of anilines is 1. The highest BCUT2D eigenvalue weighted by Gasteiger charge is 2.23. The summed E-state index contributed by atoms with van der Waals surface area (Å²) in [6.45, 7) is 1.79. The zero-order valence-corrected chi connectivity index (χ0v) is 19.5. The summed E-state index contributed by atoms with van der Waals surface area (Å²) in [6.07, 6.45) is 7.42. The molecule has 3 aromatic carbocycles. The van der Waals surface area contributed by atoms with Gasteiger partial charge in [0.2, 0.25) is 0 Å². The van der Waals surface area contributed by atoms with Gasteiger partial charge in [-0.15, -0.1) is 0 Å². The fourth-order valence-corrected chi connectivity index (χ4v) is 4.21. The van der Waals surface area contributed by atoms with Gasteiger partial charge in [0.25, 0.3) is 5.91 Å². The summed E-state index contributed by atoms with van der Waals surface area (Å²) in [6, 6.07) is 22.0. The molecular weight excluding hydrogens is 416 g/mol. The molecule has 0 saturated heterocycles. The predicted molar refractivity (Wildman–Crippen MR) is 136 cm³/mol. The Morgan fingerprint density at radius 3 is 2.38 bits per heavy atom. The van der Waals surface area contributed by atoms with Crippen LogP contribution in [0.2, 0.25) is 5.02 Å². The van der Waals surface area contributed by atoms with Crippen molar-refractivity contribution in [1.82, 2.24) is 4.90 Å². The molecule has 3 aromatic rings. The normalized spacial score (nSPS) is 13.6. The van der Waals surface area contributed by atoms with Gasteiger partial charge in [-0.3, -0.25) is 4.79 Å². The SMILES string of the molecule is CN(C)CC/C=C/c1ccc2c(c1)CCCN2C(=O)c1ccc(-c2ccc(Cl)cc2)cc1. The highest BCUT2D eigenvalue weighted by molar-refractivity contribution is 6.30. The van der Waals surface area contributed by atoms with Gasteiger partial charge in [0.15, 0.2) is 0 Å². The monoisotopic (exact) mass is 444 g/mol. The number of benzene rings is 3. The molecule has 4 heteroatoms. The van der Waals surface area contributed by atoms with Crippen molar-refractivity contribution >= 4 is 29.3 Å². The highest BCUT2D eigenvalue weighted by atomic mass is 35.5. The Morgan fingerprint density at radius 2 is 1.69 bits per heavy atom. The molecule has 0 unspecified atom stereocenters. The number of carbonyl (C=O) groups is 1. The Balaban J connectivity index is 1.50. The number of carbonyl (C=O) groups excluding carboxylic acids is 1. The Labute approximate surface area is 195 Å². The van der Waals surface area contributed by atoms with Crippen molar-refractivity contribution in [1.29, 1.82) is 0 Å². The quantitative estimate of drug-likeness (QED) is 0.429. The standard InChI is InChI=1S/C28H29ClN2O/c1-30(2)18-4-3-6-21-8-17-27-25(20-21)7-5-19-31(27)28(32)24-11-9-22(10-12-24)23-13-15-26(29)16-14-23/h3,6,8-17,20H,4-5,7,18-19H2,1-2H3/b6-3+. The first kappa shape index (κ1) is 22.3. The predicted octanol–water partition coefficient (Wildman–Crippen LogP) is 6.56. The number of nitrogens with zero attached hydrogens (tertiary/aromatic N) is 2. The van der Waals surface area contributed by atoms with Crippen molar-refractivity contribution in [3.05, 3.63) is 94.5 Å². The van der Waals surface area contributed by atoms with Gasteiger partial charge >= 0.3 is 0 Å². The van der Waals surface area contributed by atoms with E-state index >= 15 is 0 Å². The van der Waals surface area contributed by atoms with Crippen molar-refractivity contribution in [2.45, 2.75) is 19.3 Å². The van der Waals surface area contributed by atoms with Crippen LogP contribution in [0.5, 0.6) is 0 Å². The molecule has 0 fully saturated rings. The summed E-state index contributed by atoms with van der Waals surface area (Å²) in [5.74, 6) is 0.0582. The van der Waals surface area contributed by atoms with Crippen LogP contribution >= 0.6 is 11.6 Å². The summed E-state index contributed by atoms with van der Waals surface area (Å²) < 4.78 is 0. The molecule has 164 valence electrons. The molecule has 0 spiro atoms. The summed E-state index contributed by atoms with van der Waals surface area (Å²) in [4.78, 5) is 17.4.